The molecule has 0 fully saturated rings. The zero-order valence-electron chi connectivity index (χ0n) is 12.3. The summed E-state index contributed by atoms with van der Waals surface area (Å²) in [6.07, 6.45) is 1.43. The Morgan fingerprint density at radius 3 is 2.83 bits per heavy atom. The number of aliphatic hydroxyl groups is 1. The van der Waals surface area contributed by atoms with E-state index >= 15 is 0 Å². The second kappa shape index (κ2) is 7.25. The summed E-state index contributed by atoms with van der Waals surface area (Å²) >= 11 is 0. The van der Waals surface area contributed by atoms with Crippen LogP contribution in [0.3, 0.4) is 0 Å². The maximum Gasteiger partial charge on any atom is 0.306 e. The van der Waals surface area contributed by atoms with Crippen molar-refractivity contribution < 1.29 is 18.8 Å². The second-order valence-electron chi connectivity index (χ2n) is 5.13. The average molecular weight is 326 g/mol. The van der Waals surface area contributed by atoms with Crippen molar-refractivity contribution in [3.05, 3.63) is 57.9 Å². The lowest BCUT2D eigenvalue weighted by molar-refractivity contribution is -0.385. The van der Waals surface area contributed by atoms with Crippen LogP contribution in [-0.2, 0) is 6.54 Å². The number of nitrogens with one attached hydrogen (secondary N) is 1. The van der Waals surface area contributed by atoms with Gasteiger partial charge in [-0.25, -0.2) is 8.78 Å². The fourth-order valence-corrected chi connectivity index (χ4v) is 2.10. The van der Waals surface area contributed by atoms with Gasteiger partial charge in [-0.1, -0.05) is 6.07 Å². The summed E-state index contributed by atoms with van der Waals surface area (Å²) in [5.41, 5.74) is 0.125. The number of aromatic nitrogens is 2. The van der Waals surface area contributed by atoms with Crippen LogP contribution in [0.1, 0.15) is 18.5 Å². The third-order valence-electron chi connectivity index (χ3n) is 3.32. The monoisotopic (exact) mass is 326 g/mol. The first-order chi connectivity index (χ1) is 10.9. The number of halogens is 2. The quantitative estimate of drug-likeness (QED) is 0.597. The van der Waals surface area contributed by atoms with Crippen LogP contribution in [0, 0.1) is 21.7 Å². The Balaban J connectivity index is 1.87. The molecule has 0 amide bonds. The molecule has 0 saturated heterocycles. The van der Waals surface area contributed by atoms with Crippen LogP contribution in [0.2, 0.25) is 0 Å². The molecule has 124 valence electrons. The highest BCUT2D eigenvalue weighted by Crippen LogP contribution is 2.17. The molecule has 0 aliphatic carbocycles. The summed E-state index contributed by atoms with van der Waals surface area (Å²) in [5.74, 6) is -1.32. The molecule has 2 N–H and O–H groups in total. The van der Waals surface area contributed by atoms with Gasteiger partial charge in [0.05, 0.1) is 17.6 Å². The van der Waals surface area contributed by atoms with E-state index in [1.807, 2.05) is 0 Å². The highest BCUT2D eigenvalue weighted by Gasteiger charge is 2.15. The van der Waals surface area contributed by atoms with Crippen molar-refractivity contribution in [1.82, 2.24) is 15.1 Å². The van der Waals surface area contributed by atoms with Gasteiger partial charge in [0, 0.05) is 24.2 Å². The van der Waals surface area contributed by atoms with Crippen molar-refractivity contribution in [3.63, 3.8) is 0 Å². The number of nitrogens with zero attached hydrogens (tertiary/aromatic N) is 3. The normalized spacial score (nSPS) is 13.7. The van der Waals surface area contributed by atoms with E-state index < -0.39 is 28.7 Å². The lowest BCUT2D eigenvalue weighted by atomic mass is 10.1. The van der Waals surface area contributed by atoms with Crippen LogP contribution >= 0.6 is 0 Å². The Labute approximate surface area is 130 Å². The predicted octanol–water partition coefficient (Wildman–Crippen LogP) is 1.78. The van der Waals surface area contributed by atoms with Gasteiger partial charge in [0.2, 0.25) is 0 Å². The van der Waals surface area contributed by atoms with Crippen molar-refractivity contribution >= 4 is 5.69 Å². The van der Waals surface area contributed by atoms with Gasteiger partial charge >= 0.3 is 5.69 Å². The number of hydrogen-bond acceptors (Lipinski definition) is 5. The largest absolute Gasteiger partial charge is 0.390 e. The average Bonchev–Trinajstić information content (AvgIpc) is 2.93. The molecule has 9 heteroatoms. The predicted molar refractivity (Wildman–Crippen MR) is 77.7 cm³/mol. The van der Waals surface area contributed by atoms with E-state index in [-0.39, 0.29) is 24.3 Å². The van der Waals surface area contributed by atoms with Gasteiger partial charge in [0.1, 0.15) is 24.0 Å². The van der Waals surface area contributed by atoms with E-state index in [2.05, 4.69) is 10.4 Å². The van der Waals surface area contributed by atoms with Gasteiger partial charge in [-0.15, -0.1) is 0 Å². The van der Waals surface area contributed by atoms with Crippen LogP contribution in [0.4, 0.5) is 14.5 Å². The summed E-state index contributed by atoms with van der Waals surface area (Å²) in [6, 6.07) is 2.87. The SMILES string of the molecule is CC(NCC(O)Cn1cc([N+](=O)[O-])cn1)c1ccc(F)cc1F. The minimum Gasteiger partial charge on any atom is -0.390 e. The van der Waals surface area contributed by atoms with Crippen LogP contribution < -0.4 is 5.32 Å². The number of rotatable bonds is 7. The summed E-state index contributed by atoms with van der Waals surface area (Å²) in [6.45, 7) is 1.85. The Morgan fingerprint density at radius 2 is 2.22 bits per heavy atom. The third-order valence-corrected chi connectivity index (χ3v) is 3.32. The minimum absolute atomic E-state index is 0.0550. The summed E-state index contributed by atoms with van der Waals surface area (Å²) < 4.78 is 27.8. The molecule has 0 aliphatic rings. The van der Waals surface area contributed by atoms with E-state index in [0.717, 1.165) is 18.3 Å². The lowest BCUT2D eigenvalue weighted by Crippen LogP contribution is -2.32. The molecule has 2 unspecified atom stereocenters. The number of aliphatic hydroxyl groups excluding tert-OH is 1. The maximum absolute atomic E-state index is 13.6. The minimum atomic E-state index is -0.875. The lowest BCUT2D eigenvalue weighted by Gasteiger charge is -2.18. The summed E-state index contributed by atoms with van der Waals surface area (Å²) in [7, 11) is 0. The Kier molecular flexibility index (Phi) is 5.35. The van der Waals surface area contributed by atoms with Gasteiger partial charge in [-0.2, -0.15) is 5.10 Å². The number of hydrogen-bond donors (Lipinski definition) is 2. The van der Waals surface area contributed by atoms with Gasteiger partial charge in [0.15, 0.2) is 0 Å². The van der Waals surface area contributed by atoms with Crippen molar-refractivity contribution in [2.45, 2.75) is 25.6 Å². The molecule has 1 aromatic carbocycles. The zero-order chi connectivity index (χ0) is 17.0. The van der Waals surface area contributed by atoms with Gasteiger partial charge in [-0.3, -0.25) is 14.8 Å². The highest BCUT2D eigenvalue weighted by atomic mass is 19.1. The van der Waals surface area contributed by atoms with Gasteiger partial charge in [-0.05, 0) is 13.0 Å². The first kappa shape index (κ1) is 17.0. The molecule has 0 aliphatic heterocycles. The molecule has 2 aromatic rings. The molecule has 7 nitrogen and oxygen atoms in total. The first-order valence-corrected chi connectivity index (χ1v) is 6.90. The molecule has 0 bridgehead atoms. The van der Waals surface area contributed by atoms with E-state index in [0.29, 0.717) is 0 Å². The summed E-state index contributed by atoms with van der Waals surface area (Å²) in [4.78, 5) is 9.97. The molecule has 1 aromatic heterocycles. The maximum atomic E-state index is 13.6. The fraction of sp³-hybridized carbons (Fsp3) is 0.357. The van der Waals surface area contributed by atoms with E-state index in [4.69, 9.17) is 0 Å². The molecule has 2 rings (SSSR count). The molecular formula is C14H16F2N4O3. The van der Waals surface area contributed by atoms with E-state index in [1.54, 1.807) is 6.92 Å². The summed E-state index contributed by atoms with van der Waals surface area (Å²) in [5, 5.41) is 27.1. The zero-order valence-corrected chi connectivity index (χ0v) is 12.3. The Morgan fingerprint density at radius 1 is 1.48 bits per heavy atom. The van der Waals surface area contributed by atoms with Crippen molar-refractivity contribution in [3.8, 4) is 0 Å². The van der Waals surface area contributed by atoms with Crippen LogP contribution in [0.25, 0.3) is 0 Å². The fourth-order valence-electron chi connectivity index (χ4n) is 2.10. The van der Waals surface area contributed by atoms with Gasteiger partial charge in [0.25, 0.3) is 0 Å². The molecule has 23 heavy (non-hydrogen) atoms. The first-order valence-electron chi connectivity index (χ1n) is 6.90. The second-order valence-corrected chi connectivity index (χ2v) is 5.13. The van der Waals surface area contributed by atoms with E-state index in [9.17, 15) is 24.0 Å². The van der Waals surface area contributed by atoms with E-state index in [1.165, 1.54) is 16.9 Å². The van der Waals surface area contributed by atoms with Crippen LogP contribution in [-0.4, -0.2) is 32.5 Å². The molecule has 1 heterocycles. The standard InChI is InChI=1S/C14H16F2N4O3/c1-9(13-3-2-10(15)4-14(13)16)17-6-12(21)8-19-7-11(5-18-19)20(22)23/h2-5,7,9,12,17,21H,6,8H2,1H3. The van der Waals surface area contributed by atoms with Crippen molar-refractivity contribution in [1.29, 1.82) is 0 Å². The molecule has 0 spiro atoms. The number of benzene rings is 1. The molecule has 2 atom stereocenters. The van der Waals surface area contributed by atoms with Crippen LogP contribution in [0.15, 0.2) is 30.6 Å². The topological polar surface area (TPSA) is 93.2 Å². The molecule has 0 radical (unpaired) electrons. The Hall–Kier alpha value is -2.39. The Bertz CT molecular complexity index is 692. The van der Waals surface area contributed by atoms with Crippen molar-refractivity contribution in [2.24, 2.45) is 0 Å². The molecular weight excluding hydrogens is 310 g/mol. The van der Waals surface area contributed by atoms with Crippen LogP contribution in [0.5, 0.6) is 0 Å². The molecule has 0 saturated carbocycles. The smallest absolute Gasteiger partial charge is 0.306 e. The highest BCUT2D eigenvalue weighted by molar-refractivity contribution is 5.22. The van der Waals surface area contributed by atoms with Gasteiger partial charge < -0.3 is 10.4 Å². The third kappa shape index (κ3) is 4.54. The number of nitro groups is 1. The van der Waals surface area contributed by atoms with Crippen molar-refractivity contribution in [2.75, 3.05) is 6.54 Å².